The molecule has 126 valence electrons. The summed E-state index contributed by atoms with van der Waals surface area (Å²) in [6.07, 6.45) is 0.382. The molecule has 6 nitrogen and oxygen atoms in total. The van der Waals surface area contributed by atoms with E-state index in [9.17, 15) is 18.0 Å². The Morgan fingerprint density at radius 1 is 1.39 bits per heavy atom. The van der Waals surface area contributed by atoms with Gasteiger partial charge in [-0.15, -0.1) is 0 Å². The van der Waals surface area contributed by atoms with Crippen LogP contribution in [-0.4, -0.2) is 49.2 Å². The number of hydrogen-bond acceptors (Lipinski definition) is 4. The van der Waals surface area contributed by atoms with Gasteiger partial charge < -0.3 is 10.2 Å². The average Bonchev–Trinajstić information content (AvgIpc) is 2.83. The van der Waals surface area contributed by atoms with E-state index < -0.39 is 27.7 Å². The number of carbonyl (C=O) groups is 2. The first kappa shape index (κ1) is 17.9. The van der Waals surface area contributed by atoms with Crippen LogP contribution in [0.5, 0.6) is 0 Å². The van der Waals surface area contributed by atoms with Gasteiger partial charge in [-0.05, 0) is 44.0 Å². The molecule has 1 unspecified atom stereocenters. The topological polar surface area (TPSA) is 83.6 Å². The Balaban J connectivity index is 2.08. The molecule has 0 aliphatic carbocycles. The molecule has 0 radical (unpaired) electrons. The number of sulfone groups is 1. The molecule has 2 amide bonds. The van der Waals surface area contributed by atoms with E-state index in [0.717, 1.165) is 10.0 Å². The maximum atomic E-state index is 12.3. The Kier molecular flexibility index (Phi) is 5.46. The van der Waals surface area contributed by atoms with Gasteiger partial charge in [-0.25, -0.2) is 8.42 Å². The molecule has 0 aromatic heterocycles. The van der Waals surface area contributed by atoms with E-state index in [1.54, 1.807) is 25.1 Å². The van der Waals surface area contributed by atoms with Crippen LogP contribution in [0.2, 0.25) is 0 Å². The molecule has 1 aromatic rings. The predicted octanol–water partition coefficient (Wildman–Crippen LogP) is 1.73. The fraction of sp³-hybridized carbons (Fsp3) is 0.467. The van der Waals surface area contributed by atoms with E-state index >= 15 is 0 Å². The van der Waals surface area contributed by atoms with E-state index in [1.807, 2.05) is 6.92 Å². The maximum absolute atomic E-state index is 12.3. The smallest absolute Gasteiger partial charge is 0.313 e. The summed E-state index contributed by atoms with van der Waals surface area (Å²) in [5, 5.41) is 2.57. The van der Waals surface area contributed by atoms with Crippen molar-refractivity contribution in [2.45, 2.75) is 26.3 Å². The number of nitrogens with zero attached hydrogens (tertiary/aromatic N) is 1. The Morgan fingerprint density at radius 2 is 2.09 bits per heavy atom. The van der Waals surface area contributed by atoms with Gasteiger partial charge in [0.05, 0.1) is 11.5 Å². The summed E-state index contributed by atoms with van der Waals surface area (Å²) >= 11 is 3.37. The molecule has 1 N–H and O–H groups in total. The van der Waals surface area contributed by atoms with E-state index in [2.05, 4.69) is 21.2 Å². The third-order valence-corrected chi connectivity index (χ3v) is 6.50. The number of halogens is 1. The molecule has 1 aliphatic rings. The number of carbonyl (C=O) groups excluding carboxylic acids is 2. The van der Waals surface area contributed by atoms with Crippen LogP contribution in [0.4, 0.5) is 5.69 Å². The highest BCUT2D eigenvalue weighted by atomic mass is 79.9. The average molecular weight is 403 g/mol. The quantitative estimate of drug-likeness (QED) is 0.780. The van der Waals surface area contributed by atoms with Gasteiger partial charge in [0.25, 0.3) is 0 Å². The number of anilines is 1. The number of hydrogen-bond donors (Lipinski definition) is 1. The minimum atomic E-state index is -3.11. The molecule has 2 rings (SSSR count). The van der Waals surface area contributed by atoms with Gasteiger partial charge in [0.15, 0.2) is 9.84 Å². The standard InChI is InChI=1S/C15H19BrN2O4S/c1-3-18(12-6-7-23(21,22)9-12)15(20)14(19)17-11-4-5-13(16)10(2)8-11/h4-5,8,12H,3,6-7,9H2,1-2H3,(H,17,19). The van der Waals surface area contributed by atoms with Crippen molar-refractivity contribution in [3.8, 4) is 0 Å². The summed E-state index contributed by atoms with van der Waals surface area (Å²) in [6.45, 7) is 3.91. The van der Waals surface area contributed by atoms with Gasteiger partial charge in [-0.2, -0.15) is 0 Å². The number of benzene rings is 1. The lowest BCUT2D eigenvalue weighted by atomic mass is 10.2. The SMILES string of the molecule is CCN(C(=O)C(=O)Nc1ccc(Br)c(C)c1)C1CCS(=O)(=O)C1. The molecular weight excluding hydrogens is 384 g/mol. The molecule has 0 saturated carbocycles. The van der Waals surface area contributed by atoms with Crippen LogP contribution in [-0.2, 0) is 19.4 Å². The van der Waals surface area contributed by atoms with Crippen LogP contribution < -0.4 is 5.32 Å². The largest absolute Gasteiger partial charge is 0.331 e. The molecule has 1 heterocycles. The van der Waals surface area contributed by atoms with Crippen molar-refractivity contribution >= 4 is 43.3 Å². The van der Waals surface area contributed by atoms with Crippen molar-refractivity contribution in [3.05, 3.63) is 28.2 Å². The van der Waals surface area contributed by atoms with Gasteiger partial charge in [-0.1, -0.05) is 15.9 Å². The number of aryl methyl sites for hydroxylation is 1. The number of amides is 2. The van der Waals surface area contributed by atoms with Gasteiger partial charge in [-0.3, -0.25) is 9.59 Å². The fourth-order valence-corrected chi connectivity index (χ4v) is 4.60. The summed E-state index contributed by atoms with van der Waals surface area (Å²) in [6, 6.07) is 4.82. The second-order valence-electron chi connectivity index (χ2n) is 5.57. The van der Waals surface area contributed by atoms with Crippen LogP contribution in [0, 0.1) is 6.92 Å². The molecule has 1 atom stereocenters. The Morgan fingerprint density at radius 3 is 2.61 bits per heavy atom. The van der Waals surface area contributed by atoms with E-state index in [4.69, 9.17) is 0 Å². The van der Waals surface area contributed by atoms with Crippen LogP contribution in [0.15, 0.2) is 22.7 Å². The maximum Gasteiger partial charge on any atom is 0.313 e. The van der Waals surface area contributed by atoms with Crippen molar-refractivity contribution in [3.63, 3.8) is 0 Å². The minimum absolute atomic E-state index is 0.0645. The summed E-state index contributed by atoms with van der Waals surface area (Å²) in [5.41, 5.74) is 1.46. The van der Waals surface area contributed by atoms with Crippen molar-refractivity contribution in [2.75, 3.05) is 23.4 Å². The van der Waals surface area contributed by atoms with E-state index in [1.165, 1.54) is 4.90 Å². The zero-order valence-corrected chi connectivity index (χ0v) is 15.4. The lowest BCUT2D eigenvalue weighted by Crippen LogP contribution is -2.46. The van der Waals surface area contributed by atoms with E-state index in [-0.39, 0.29) is 11.5 Å². The minimum Gasteiger partial charge on any atom is -0.331 e. The third-order valence-electron chi connectivity index (χ3n) is 3.86. The van der Waals surface area contributed by atoms with Crippen molar-refractivity contribution in [1.82, 2.24) is 4.90 Å². The summed E-state index contributed by atoms with van der Waals surface area (Å²) in [7, 11) is -3.11. The molecule has 1 aliphatic heterocycles. The van der Waals surface area contributed by atoms with Gasteiger partial charge in [0.1, 0.15) is 0 Å². The molecular formula is C15H19BrN2O4S. The molecule has 0 spiro atoms. The van der Waals surface area contributed by atoms with Gasteiger partial charge in [0, 0.05) is 22.7 Å². The normalized spacial score (nSPS) is 19.3. The third kappa shape index (κ3) is 4.32. The lowest BCUT2D eigenvalue weighted by Gasteiger charge is -2.26. The highest BCUT2D eigenvalue weighted by Crippen LogP contribution is 2.21. The van der Waals surface area contributed by atoms with Crippen molar-refractivity contribution < 1.29 is 18.0 Å². The monoisotopic (exact) mass is 402 g/mol. The zero-order chi connectivity index (χ0) is 17.2. The highest BCUT2D eigenvalue weighted by Gasteiger charge is 2.35. The molecule has 0 bridgehead atoms. The zero-order valence-electron chi connectivity index (χ0n) is 13.0. The number of likely N-dealkylation sites (N-methyl/N-ethyl adjacent to an activating group) is 1. The first-order chi connectivity index (χ1) is 10.7. The van der Waals surface area contributed by atoms with Crippen molar-refractivity contribution in [2.24, 2.45) is 0 Å². The fourth-order valence-electron chi connectivity index (χ4n) is 2.63. The second kappa shape index (κ2) is 7.00. The van der Waals surface area contributed by atoms with Crippen LogP contribution in [0.1, 0.15) is 18.9 Å². The van der Waals surface area contributed by atoms with Gasteiger partial charge in [0.2, 0.25) is 0 Å². The summed E-state index contributed by atoms with van der Waals surface area (Å²) in [4.78, 5) is 25.8. The molecule has 23 heavy (non-hydrogen) atoms. The summed E-state index contributed by atoms with van der Waals surface area (Å²) in [5.74, 6) is -1.46. The second-order valence-corrected chi connectivity index (χ2v) is 8.65. The molecule has 1 saturated heterocycles. The highest BCUT2D eigenvalue weighted by molar-refractivity contribution is 9.10. The molecule has 1 fully saturated rings. The number of rotatable bonds is 3. The van der Waals surface area contributed by atoms with Gasteiger partial charge >= 0.3 is 11.8 Å². The molecule has 8 heteroatoms. The first-order valence-corrected chi connectivity index (χ1v) is 9.93. The Labute approximate surface area is 144 Å². The van der Waals surface area contributed by atoms with Crippen LogP contribution in [0.25, 0.3) is 0 Å². The molecule has 1 aromatic carbocycles. The van der Waals surface area contributed by atoms with Crippen molar-refractivity contribution in [1.29, 1.82) is 0 Å². The van der Waals surface area contributed by atoms with E-state index in [0.29, 0.717) is 18.7 Å². The van der Waals surface area contributed by atoms with Crippen LogP contribution in [0.3, 0.4) is 0 Å². The number of nitrogens with one attached hydrogen (secondary N) is 1. The Hall–Kier alpha value is -1.41. The lowest BCUT2D eigenvalue weighted by molar-refractivity contribution is -0.144. The predicted molar refractivity (Wildman–Crippen MR) is 92.0 cm³/mol. The first-order valence-electron chi connectivity index (χ1n) is 7.32. The van der Waals surface area contributed by atoms with Crippen LogP contribution >= 0.6 is 15.9 Å². The Bertz CT molecular complexity index is 733. The summed E-state index contributed by atoms with van der Waals surface area (Å²) < 4.78 is 24.1.